The normalized spacial score (nSPS) is 12.2. The standard InChI is InChI=1S/C13H6BrF3N2/c14-9-6-10(13(15,16)17)19-12-8(9)4-3-7-2-1-5-18-11(7)12/h1-6H. The van der Waals surface area contributed by atoms with Gasteiger partial charge in [-0.3, -0.25) is 4.98 Å². The van der Waals surface area contributed by atoms with Crippen molar-refractivity contribution in [1.29, 1.82) is 0 Å². The van der Waals surface area contributed by atoms with Crippen molar-refractivity contribution in [2.75, 3.05) is 0 Å². The number of fused-ring (bicyclic) bond motifs is 3. The van der Waals surface area contributed by atoms with Crippen LogP contribution in [0.15, 0.2) is 41.0 Å². The zero-order valence-corrected chi connectivity index (χ0v) is 11.0. The van der Waals surface area contributed by atoms with Crippen LogP contribution in [0.4, 0.5) is 13.2 Å². The highest BCUT2D eigenvalue weighted by atomic mass is 79.9. The summed E-state index contributed by atoms with van der Waals surface area (Å²) in [6, 6.07) is 8.05. The molecule has 0 saturated carbocycles. The molecule has 0 N–H and O–H groups in total. The zero-order chi connectivity index (χ0) is 13.6. The number of nitrogens with zero attached hydrogens (tertiary/aromatic N) is 2. The third kappa shape index (κ3) is 2.06. The second kappa shape index (κ2) is 4.16. The van der Waals surface area contributed by atoms with Gasteiger partial charge in [0.25, 0.3) is 0 Å². The van der Waals surface area contributed by atoms with Gasteiger partial charge in [-0.25, -0.2) is 4.98 Å². The van der Waals surface area contributed by atoms with E-state index in [0.29, 0.717) is 15.4 Å². The summed E-state index contributed by atoms with van der Waals surface area (Å²) < 4.78 is 38.7. The number of aromatic nitrogens is 2. The van der Waals surface area contributed by atoms with Gasteiger partial charge in [0, 0.05) is 21.4 Å². The van der Waals surface area contributed by atoms with Crippen LogP contribution >= 0.6 is 15.9 Å². The van der Waals surface area contributed by atoms with Crippen molar-refractivity contribution in [1.82, 2.24) is 9.97 Å². The van der Waals surface area contributed by atoms with Crippen molar-refractivity contribution < 1.29 is 13.2 Å². The first-order valence-corrected chi connectivity index (χ1v) is 6.17. The van der Waals surface area contributed by atoms with Gasteiger partial charge in [-0.1, -0.05) is 34.1 Å². The number of halogens is 4. The summed E-state index contributed by atoms with van der Waals surface area (Å²) in [6.07, 6.45) is -2.94. The summed E-state index contributed by atoms with van der Waals surface area (Å²) in [7, 11) is 0. The molecule has 0 aliphatic rings. The predicted octanol–water partition coefficient (Wildman–Crippen LogP) is 4.56. The minimum absolute atomic E-state index is 0.250. The minimum Gasteiger partial charge on any atom is -0.254 e. The summed E-state index contributed by atoms with van der Waals surface area (Å²) in [4.78, 5) is 7.84. The van der Waals surface area contributed by atoms with E-state index in [9.17, 15) is 13.2 Å². The van der Waals surface area contributed by atoms with Crippen molar-refractivity contribution in [2.24, 2.45) is 0 Å². The smallest absolute Gasteiger partial charge is 0.254 e. The number of hydrogen-bond donors (Lipinski definition) is 0. The molecule has 3 rings (SSSR count). The van der Waals surface area contributed by atoms with E-state index < -0.39 is 11.9 Å². The Bertz CT molecular complexity index is 784. The number of benzene rings is 1. The Kier molecular flexibility index (Phi) is 2.70. The molecule has 0 aliphatic heterocycles. The summed E-state index contributed by atoms with van der Waals surface area (Å²) in [5.74, 6) is 0. The lowest BCUT2D eigenvalue weighted by atomic mass is 10.1. The van der Waals surface area contributed by atoms with Crippen LogP contribution in [0.3, 0.4) is 0 Å². The second-order valence-corrected chi connectivity index (χ2v) is 4.88. The maximum absolute atomic E-state index is 12.8. The van der Waals surface area contributed by atoms with Crippen molar-refractivity contribution >= 4 is 37.7 Å². The fourth-order valence-electron chi connectivity index (χ4n) is 1.93. The first-order chi connectivity index (χ1) is 8.97. The molecule has 0 atom stereocenters. The van der Waals surface area contributed by atoms with Crippen LogP contribution in [0.25, 0.3) is 21.8 Å². The van der Waals surface area contributed by atoms with Crippen molar-refractivity contribution in [3.63, 3.8) is 0 Å². The van der Waals surface area contributed by atoms with E-state index in [2.05, 4.69) is 25.9 Å². The molecule has 0 fully saturated rings. The van der Waals surface area contributed by atoms with Gasteiger partial charge >= 0.3 is 6.18 Å². The van der Waals surface area contributed by atoms with Gasteiger partial charge in [-0.15, -0.1) is 0 Å². The minimum atomic E-state index is -4.48. The fraction of sp³-hybridized carbons (Fsp3) is 0.0769. The summed E-state index contributed by atoms with van der Waals surface area (Å²) in [6.45, 7) is 0. The van der Waals surface area contributed by atoms with Gasteiger partial charge in [-0.05, 0) is 12.1 Å². The Labute approximate surface area is 114 Å². The summed E-state index contributed by atoms with van der Waals surface area (Å²) >= 11 is 3.16. The number of rotatable bonds is 0. The lowest BCUT2D eigenvalue weighted by molar-refractivity contribution is -0.141. The third-order valence-electron chi connectivity index (χ3n) is 2.79. The van der Waals surface area contributed by atoms with E-state index in [4.69, 9.17) is 0 Å². The molecule has 2 heterocycles. The molecule has 0 unspecified atom stereocenters. The molecule has 0 aliphatic carbocycles. The van der Waals surface area contributed by atoms with Crippen LogP contribution in [-0.2, 0) is 6.18 Å². The Morgan fingerprint density at radius 3 is 2.58 bits per heavy atom. The van der Waals surface area contributed by atoms with E-state index >= 15 is 0 Å². The maximum atomic E-state index is 12.8. The Morgan fingerprint density at radius 1 is 1.05 bits per heavy atom. The number of hydrogen-bond acceptors (Lipinski definition) is 2. The molecule has 0 spiro atoms. The topological polar surface area (TPSA) is 25.8 Å². The molecular formula is C13H6BrF3N2. The zero-order valence-electron chi connectivity index (χ0n) is 9.37. The fourth-order valence-corrected chi connectivity index (χ4v) is 2.47. The molecule has 96 valence electrons. The van der Waals surface area contributed by atoms with Crippen molar-refractivity contribution in [3.8, 4) is 0 Å². The number of pyridine rings is 2. The molecule has 0 bridgehead atoms. The lowest BCUT2D eigenvalue weighted by Gasteiger charge is -2.09. The highest BCUT2D eigenvalue weighted by molar-refractivity contribution is 9.10. The van der Waals surface area contributed by atoms with Crippen molar-refractivity contribution in [3.05, 3.63) is 46.7 Å². The second-order valence-electron chi connectivity index (χ2n) is 4.02. The van der Waals surface area contributed by atoms with Crippen LogP contribution in [0, 0.1) is 0 Å². The van der Waals surface area contributed by atoms with Gasteiger partial charge < -0.3 is 0 Å². The van der Waals surface area contributed by atoms with Gasteiger partial charge in [0.2, 0.25) is 0 Å². The van der Waals surface area contributed by atoms with Crippen molar-refractivity contribution in [2.45, 2.75) is 6.18 Å². The Morgan fingerprint density at radius 2 is 1.84 bits per heavy atom. The quantitative estimate of drug-likeness (QED) is 0.566. The average Bonchev–Trinajstić information content (AvgIpc) is 2.37. The first-order valence-electron chi connectivity index (χ1n) is 5.38. The van der Waals surface area contributed by atoms with Crippen LogP contribution in [0.5, 0.6) is 0 Å². The molecule has 3 aromatic rings. The molecule has 0 saturated heterocycles. The maximum Gasteiger partial charge on any atom is 0.433 e. The molecule has 0 radical (unpaired) electrons. The molecular weight excluding hydrogens is 321 g/mol. The molecule has 0 amide bonds. The van der Waals surface area contributed by atoms with Gasteiger partial charge in [0.05, 0.1) is 11.0 Å². The Hall–Kier alpha value is -1.69. The van der Waals surface area contributed by atoms with Crippen LogP contribution in [0.1, 0.15) is 5.69 Å². The van der Waals surface area contributed by atoms with E-state index in [1.165, 1.54) is 6.20 Å². The average molecular weight is 327 g/mol. The third-order valence-corrected chi connectivity index (χ3v) is 3.45. The Balaban J connectivity index is 2.47. The van der Waals surface area contributed by atoms with Crippen LogP contribution in [-0.4, -0.2) is 9.97 Å². The highest BCUT2D eigenvalue weighted by Crippen LogP contribution is 2.34. The van der Waals surface area contributed by atoms with E-state index in [-0.39, 0.29) is 5.52 Å². The molecule has 2 aromatic heterocycles. The van der Waals surface area contributed by atoms with Gasteiger partial charge in [0.15, 0.2) is 0 Å². The first kappa shape index (κ1) is 12.3. The summed E-state index contributed by atoms with van der Waals surface area (Å²) in [5, 5.41) is 1.37. The number of alkyl halides is 3. The molecule has 6 heteroatoms. The highest BCUT2D eigenvalue weighted by Gasteiger charge is 2.33. The predicted molar refractivity (Wildman–Crippen MR) is 69.7 cm³/mol. The SMILES string of the molecule is FC(F)(F)c1cc(Br)c2ccc3cccnc3c2n1. The van der Waals surface area contributed by atoms with Crippen LogP contribution < -0.4 is 0 Å². The lowest BCUT2D eigenvalue weighted by Crippen LogP contribution is -2.08. The summed E-state index contributed by atoms with van der Waals surface area (Å²) in [5.41, 5.74) is -0.211. The molecule has 2 nitrogen and oxygen atoms in total. The van der Waals surface area contributed by atoms with E-state index in [0.717, 1.165) is 11.5 Å². The van der Waals surface area contributed by atoms with E-state index in [1.807, 2.05) is 6.07 Å². The van der Waals surface area contributed by atoms with Gasteiger partial charge in [-0.2, -0.15) is 13.2 Å². The van der Waals surface area contributed by atoms with E-state index in [1.54, 1.807) is 18.2 Å². The van der Waals surface area contributed by atoms with Crippen LogP contribution in [0.2, 0.25) is 0 Å². The van der Waals surface area contributed by atoms with Gasteiger partial charge in [0.1, 0.15) is 5.69 Å². The molecule has 19 heavy (non-hydrogen) atoms. The molecule has 1 aromatic carbocycles. The largest absolute Gasteiger partial charge is 0.433 e. The monoisotopic (exact) mass is 326 g/mol.